The van der Waals surface area contributed by atoms with Gasteiger partial charge in [-0.05, 0) is 56.1 Å². The molecule has 1 atom stereocenters. The molecule has 1 fully saturated rings. The molecule has 1 aromatic carbocycles. The van der Waals surface area contributed by atoms with Crippen molar-refractivity contribution in [2.75, 3.05) is 13.1 Å². The number of nitrogens with zero attached hydrogens (tertiary/aromatic N) is 1. The van der Waals surface area contributed by atoms with Crippen molar-refractivity contribution < 1.29 is 0 Å². The van der Waals surface area contributed by atoms with Crippen molar-refractivity contribution in [1.82, 2.24) is 4.90 Å². The molecule has 4 heteroatoms. The van der Waals surface area contributed by atoms with E-state index in [0.29, 0.717) is 6.04 Å². The van der Waals surface area contributed by atoms with Gasteiger partial charge in [0.25, 0.3) is 0 Å². The molecule has 0 aromatic heterocycles. The minimum atomic E-state index is 0.624. The van der Waals surface area contributed by atoms with Gasteiger partial charge in [-0.2, -0.15) is 0 Å². The molecular formula is C14H20BrClN2. The second-order valence-corrected chi connectivity index (χ2v) is 6.26. The zero-order valence-corrected chi connectivity index (χ0v) is 12.9. The van der Waals surface area contributed by atoms with Crippen molar-refractivity contribution in [2.45, 2.75) is 38.3 Å². The van der Waals surface area contributed by atoms with Crippen LogP contribution in [-0.4, -0.2) is 24.0 Å². The lowest BCUT2D eigenvalue weighted by atomic mass is 9.98. The number of rotatable bonds is 4. The van der Waals surface area contributed by atoms with Crippen molar-refractivity contribution in [3.05, 3.63) is 33.3 Å². The molecule has 0 bridgehead atoms. The Balaban J connectivity index is 2.08. The summed E-state index contributed by atoms with van der Waals surface area (Å²) in [7, 11) is 0. The Morgan fingerprint density at radius 2 is 2.22 bits per heavy atom. The largest absolute Gasteiger partial charge is 0.330 e. The molecule has 1 aliphatic rings. The summed E-state index contributed by atoms with van der Waals surface area (Å²) in [6, 6.07) is 6.69. The zero-order valence-electron chi connectivity index (χ0n) is 10.5. The predicted octanol–water partition coefficient (Wildman–Crippen LogP) is 3.81. The van der Waals surface area contributed by atoms with Crippen LogP contribution in [0.5, 0.6) is 0 Å². The van der Waals surface area contributed by atoms with Crippen molar-refractivity contribution in [3.8, 4) is 0 Å². The van der Waals surface area contributed by atoms with E-state index in [2.05, 4.69) is 26.9 Å². The van der Waals surface area contributed by atoms with Gasteiger partial charge in [0, 0.05) is 22.1 Å². The number of benzene rings is 1. The lowest BCUT2D eigenvalue weighted by molar-refractivity contribution is 0.134. The zero-order chi connectivity index (χ0) is 13.0. The predicted molar refractivity (Wildman–Crippen MR) is 80.9 cm³/mol. The summed E-state index contributed by atoms with van der Waals surface area (Å²) >= 11 is 9.78. The first-order valence-corrected chi connectivity index (χ1v) is 7.76. The van der Waals surface area contributed by atoms with E-state index in [4.69, 9.17) is 17.3 Å². The molecule has 1 heterocycles. The van der Waals surface area contributed by atoms with Crippen LogP contribution in [0.4, 0.5) is 0 Å². The molecule has 2 rings (SSSR count). The highest BCUT2D eigenvalue weighted by Gasteiger charge is 2.22. The van der Waals surface area contributed by atoms with Crippen LogP contribution >= 0.6 is 27.5 Å². The van der Waals surface area contributed by atoms with Gasteiger partial charge < -0.3 is 5.73 Å². The Hall–Kier alpha value is -0.0900. The highest BCUT2D eigenvalue weighted by Crippen LogP contribution is 2.26. The van der Waals surface area contributed by atoms with Gasteiger partial charge in [0.15, 0.2) is 0 Å². The normalized spacial score (nSPS) is 21.2. The molecule has 18 heavy (non-hydrogen) atoms. The number of hydrogen-bond donors (Lipinski definition) is 1. The Labute approximate surface area is 123 Å². The number of likely N-dealkylation sites (tertiary alicyclic amines) is 1. The molecule has 0 amide bonds. The summed E-state index contributed by atoms with van der Waals surface area (Å²) in [4.78, 5) is 2.53. The molecule has 1 saturated heterocycles. The summed E-state index contributed by atoms with van der Waals surface area (Å²) in [6.45, 7) is 2.86. The van der Waals surface area contributed by atoms with Crippen LogP contribution in [0, 0.1) is 0 Å². The minimum absolute atomic E-state index is 0.624. The minimum Gasteiger partial charge on any atom is -0.330 e. The molecule has 0 spiro atoms. The highest BCUT2D eigenvalue weighted by atomic mass is 79.9. The molecular weight excluding hydrogens is 312 g/mol. The SMILES string of the molecule is NCCC1CCCCN1Cc1cc(Br)ccc1Cl. The first-order chi connectivity index (χ1) is 8.70. The van der Waals surface area contributed by atoms with Crippen LogP contribution in [0.3, 0.4) is 0 Å². The van der Waals surface area contributed by atoms with Gasteiger partial charge in [-0.3, -0.25) is 4.90 Å². The molecule has 0 aliphatic carbocycles. The molecule has 1 unspecified atom stereocenters. The van der Waals surface area contributed by atoms with Gasteiger partial charge >= 0.3 is 0 Å². The van der Waals surface area contributed by atoms with Gasteiger partial charge in [0.2, 0.25) is 0 Å². The smallest absolute Gasteiger partial charge is 0.0451 e. The van der Waals surface area contributed by atoms with Crippen molar-refractivity contribution >= 4 is 27.5 Å². The first kappa shape index (κ1) is 14.3. The van der Waals surface area contributed by atoms with Gasteiger partial charge in [0.05, 0.1) is 0 Å². The summed E-state index contributed by atoms with van der Waals surface area (Å²) in [5, 5.41) is 0.857. The molecule has 1 aromatic rings. The maximum atomic E-state index is 6.27. The Morgan fingerprint density at radius 1 is 1.39 bits per heavy atom. The van der Waals surface area contributed by atoms with Crippen LogP contribution in [-0.2, 0) is 6.54 Å². The second-order valence-electron chi connectivity index (χ2n) is 4.93. The second kappa shape index (κ2) is 6.90. The van der Waals surface area contributed by atoms with E-state index in [-0.39, 0.29) is 0 Å². The van der Waals surface area contributed by atoms with Gasteiger partial charge in [-0.15, -0.1) is 0 Å². The maximum absolute atomic E-state index is 6.27. The van der Waals surface area contributed by atoms with Crippen LogP contribution in [0.25, 0.3) is 0 Å². The van der Waals surface area contributed by atoms with Crippen LogP contribution in [0.1, 0.15) is 31.2 Å². The topological polar surface area (TPSA) is 29.3 Å². The van der Waals surface area contributed by atoms with E-state index in [0.717, 1.165) is 35.6 Å². The summed E-state index contributed by atoms with van der Waals surface area (Å²) in [5.41, 5.74) is 6.91. The van der Waals surface area contributed by atoms with Gasteiger partial charge in [0.1, 0.15) is 0 Å². The summed E-state index contributed by atoms with van der Waals surface area (Å²) < 4.78 is 1.09. The third kappa shape index (κ3) is 3.70. The van der Waals surface area contributed by atoms with Crippen LogP contribution in [0.2, 0.25) is 5.02 Å². The maximum Gasteiger partial charge on any atom is 0.0451 e. The number of hydrogen-bond acceptors (Lipinski definition) is 2. The average Bonchev–Trinajstić information content (AvgIpc) is 2.36. The van der Waals surface area contributed by atoms with E-state index in [1.807, 2.05) is 12.1 Å². The molecule has 2 nitrogen and oxygen atoms in total. The fourth-order valence-corrected chi connectivity index (χ4v) is 3.26. The molecule has 100 valence electrons. The third-order valence-electron chi connectivity index (χ3n) is 3.63. The average molecular weight is 332 g/mol. The van der Waals surface area contributed by atoms with Crippen molar-refractivity contribution in [3.63, 3.8) is 0 Å². The van der Waals surface area contributed by atoms with Gasteiger partial charge in [-0.25, -0.2) is 0 Å². The highest BCUT2D eigenvalue weighted by molar-refractivity contribution is 9.10. The summed E-state index contributed by atoms with van der Waals surface area (Å²) in [5.74, 6) is 0. The van der Waals surface area contributed by atoms with Crippen molar-refractivity contribution in [2.24, 2.45) is 5.73 Å². The fraction of sp³-hybridized carbons (Fsp3) is 0.571. The monoisotopic (exact) mass is 330 g/mol. The Morgan fingerprint density at radius 3 is 3.00 bits per heavy atom. The molecule has 0 radical (unpaired) electrons. The molecule has 0 saturated carbocycles. The van der Waals surface area contributed by atoms with E-state index in [1.165, 1.54) is 24.8 Å². The van der Waals surface area contributed by atoms with Crippen LogP contribution < -0.4 is 5.73 Å². The number of nitrogens with two attached hydrogens (primary N) is 1. The lowest BCUT2D eigenvalue weighted by Crippen LogP contribution is -2.40. The number of piperidine rings is 1. The lowest BCUT2D eigenvalue weighted by Gasteiger charge is -2.35. The summed E-state index contributed by atoms with van der Waals surface area (Å²) in [6.07, 6.45) is 4.97. The van der Waals surface area contributed by atoms with E-state index in [1.54, 1.807) is 0 Å². The fourth-order valence-electron chi connectivity index (χ4n) is 2.67. The van der Waals surface area contributed by atoms with Crippen molar-refractivity contribution in [1.29, 1.82) is 0 Å². The molecule has 2 N–H and O–H groups in total. The van der Waals surface area contributed by atoms with Crippen LogP contribution in [0.15, 0.2) is 22.7 Å². The van der Waals surface area contributed by atoms with E-state index >= 15 is 0 Å². The van der Waals surface area contributed by atoms with E-state index in [9.17, 15) is 0 Å². The quantitative estimate of drug-likeness (QED) is 0.909. The Kier molecular flexibility index (Phi) is 5.49. The standard InChI is InChI=1S/C14H20BrClN2/c15-12-4-5-14(16)11(9-12)10-18-8-2-1-3-13(18)6-7-17/h4-5,9,13H,1-3,6-8,10,17H2. The Bertz CT molecular complexity index is 395. The molecule has 1 aliphatic heterocycles. The first-order valence-electron chi connectivity index (χ1n) is 6.58. The third-order valence-corrected chi connectivity index (χ3v) is 4.49. The van der Waals surface area contributed by atoms with E-state index < -0.39 is 0 Å². The number of halogens is 2. The van der Waals surface area contributed by atoms with Gasteiger partial charge in [-0.1, -0.05) is 34.0 Å².